The quantitative estimate of drug-likeness (QED) is 0.299. The van der Waals surface area contributed by atoms with Crippen LogP contribution in [-0.2, 0) is 11.4 Å². The van der Waals surface area contributed by atoms with E-state index in [-0.39, 0.29) is 11.9 Å². The second-order valence-electron chi connectivity index (χ2n) is 7.78. The fourth-order valence-electron chi connectivity index (χ4n) is 3.40. The van der Waals surface area contributed by atoms with Crippen LogP contribution < -0.4 is 10.1 Å². The molecule has 0 bridgehead atoms. The van der Waals surface area contributed by atoms with Crippen LogP contribution in [0.15, 0.2) is 90.3 Å². The van der Waals surface area contributed by atoms with Crippen LogP contribution >= 0.6 is 11.3 Å². The van der Waals surface area contributed by atoms with Crippen molar-refractivity contribution in [3.63, 3.8) is 0 Å². The molecule has 168 valence electrons. The van der Waals surface area contributed by atoms with E-state index in [1.165, 1.54) is 23.0 Å². The minimum atomic E-state index is -0.292. The summed E-state index contributed by atoms with van der Waals surface area (Å²) in [5.41, 5.74) is 5.20. The van der Waals surface area contributed by atoms with E-state index >= 15 is 0 Å². The summed E-state index contributed by atoms with van der Waals surface area (Å²) in [4.78, 5) is 17.5. The van der Waals surface area contributed by atoms with Gasteiger partial charge in [0, 0.05) is 17.0 Å². The number of carbonyl (C=O) groups is 1. The Labute approximate surface area is 201 Å². The number of fused-ring (bicyclic) bond motifs is 1. The Morgan fingerprint density at radius 1 is 1.03 bits per heavy atom. The molecular weight excluding hydrogens is 444 g/mol. The summed E-state index contributed by atoms with van der Waals surface area (Å²) in [5, 5.41) is 9.21. The molecule has 2 heterocycles. The Kier molecular flexibility index (Phi) is 6.18. The standard InChI is InChI=1S/C27H22N4O2S/c1-19-7-12-22(13-8-19)24-18-34-27-29-26(30-31(24)27)28-25(32)16-11-20-9-14-23(15-10-20)33-17-21-5-3-2-4-6-21/h2-16,18H,17H2,1H3,(H,28,30,32)/b16-11+. The van der Waals surface area contributed by atoms with E-state index in [1.54, 1.807) is 10.6 Å². The van der Waals surface area contributed by atoms with Gasteiger partial charge in [0.1, 0.15) is 12.4 Å². The SMILES string of the molecule is Cc1ccc(-c2csc3nc(NC(=O)/C=C/c4ccc(OCc5ccccc5)cc4)nn23)cc1. The second-order valence-corrected chi connectivity index (χ2v) is 8.62. The summed E-state index contributed by atoms with van der Waals surface area (Å²) in [7, 11) is 0. The number of nitrogens with one attached hydrogen (secondary N) is 1. The summed E-state index contributed by atoms with van der Waals surface area (Å²) in [6, 6.07) is 25.8. The fourth-order valence-corrected chi connectivity index (χ4v) is 4.23. The lowest BCUT2D eigenvalue weighted by atomic mass is 10.1. The van der Waals surface area contributed by atoms with E-state index in [2.05, 4.69) is 46.6 Å². The lowest BCUT2D eigenvalue weighted by Crippen LogP contribution is -2.09. The number of rotatable bonds is 7. The molecule has 0 aliphatic carbocycles. The molecule has 7 heteroatoms. The van der Waals surface area contributed by atoms with Gasteiger partial charge in [-0.05, 0) is 36.3 Å². The van der Waals surface area contributed by atoms with Crippen molar-refractivity contribution in [2.45, 2.75) is 13.5 Å². The van der Waals surface area contributed by atoms with Crippen molar-refractivity contribution in [2.75, 3.05) is 5.32 Å². The zero-order chi connectivity index (χ0) is 23.3. The number of aromatic nitrogens is 3. The molecule has 3 aromatic carbocycles. The Bertz CT molecular complexity index is 1440. The molecular formula is C27H22N4O2S. The van der Waals surface area contributed by atoms with Gasteiger partial charge in [-0.25, -0.2) is 4.52 Å². The van der Waals surface area contributed by atoms with Crippen molar-refractivity contribution in [3.8, 4) is 17.0 Å². The van der Waals surface area contributed by atoms with Crippen LogP contribution in [0.25, 0.3) is 22.3 Å². The summed E-state index contributed by atoms with van der Waals surface area (Å²) in [5.74, 6) is 0.760. The molecule has 2 aromatic heterocycles. The molecule has 5 rings (SSSR count). The van der Waals surface area contributed by atoms with E-state index in [0.29, 0.717) is 6.61 Å². The lowest BCUT2D eigenvalue weighted by molar-refractivity contribution is -0.111. The third-order valence-corrected chi connectivity index (χ3v) is 6.04. The normalized spacial score (nSPS) is 11.2. The van der Waals surface area contributed by atoms with Crippen LogP contribution in [0, 0.1) is 6.92 Å². The highest BCUT2D eigenvalue weighted by atomic mass is 32.1. The van der Waals surface area contributed by atoms with E-state index in [9.17, 15) is 4.79 Å². The van der Waals surface area contributed by atoms with E-state index in [4.69, 9.17) is 4.74 Å². The molecule has 0 aliphatic heterocycles. The van der Waals surface area contributed by atoms with Crippen molar-refractivity contribution < 1.29 is 9.53 Å². The molecule has 5 aromatic rings. The van der Waals surface area contributed by atoms with Crippen LogP contribution in [0.4, 0.5) is 5.95 Å². The fraction of sp³-hybridized carbons (Fsp3) is 0.0741. The van der Waals surface area contributed by atoms with Gasteiger partial charge in [0.25, 0.3) is 11.9 Å². The van der Waals surface area contributed by atoms with Gasteiger partial charge in [-0.15, -0.1) is 16.4 Å². The van der Waals surface area contributed by atoms with Crippen molar-refractivity contribution >= 4 is 34.2 Å². The number of hydrogen-bond donors (Lipinski definition) is 1. The van der Waals surface area contributed by atoms with Crippen molar-refractivity contribution in [1.82, 2.24) is 14.6 Å². The molecule has 0 saturated heterocycles. The number of anilines is 1. The minimum Gasteiger partial charge on any atom is -0.489 e. The first-order valence-electron chi connectivity index (χ1n) is 10.8. The smallest absolute Gasteiger partial charge is 0.250 e. The van der Waals surface area contributed by atoms with Crippen LogP contribution in [0.5, 0.6) is 5.75 Å². The number of carbonyl (C=O) groups excluding carboxylic acids is 1. The summed E-state index contributed by atoms with van der Waals surface area (Å²) in [6.07, 6.45) is 3.21. The lowest BCUT2D eigenvalue weighted by Gasteiger charge is -2.06. The van der Waals surface area contributed by atoms with Gasteiger partial charge in [-0.2, -0.15) is 4.98 Å². The molecule has 34 heavy (non-hydrogen) atoms. The number of amides is 1. The van der Waals surface area contributed by atoms with Gasteiger partial charge < -0.3 is 4.74 Å². The molecule has 0 unspecified atom stereocenters. The second kappa shape index (κ2) is 9.72. The molecule has 0 saturated carbocycles. The Balaban J connectivity index is 1.20. The van der Waals surface area contributed by atoms with Crippen molar-refractivity contribution in [2.24, 2.45) is 0 Å². The van der Waals surface area contributed by atoms with Crippen LogP contribution in [0.1, 0.15) is 16.7 Å². The van der Waals surface area contributed by atoms with Gasteiger partial charge >= 0.3 is 0 Å². The maximum Gasteiger partial charge on any atom is 0.250 e. The van der Waals surface area contributed by atoms with Crippen LogP contribution in [0.2, 0.25) is 0 Å². The third-order valence-electron chi connectivity index (χ3n) is 5.22. The number of nitrogens with zero attached hydrogens (tertiary/aromatic N) is 3. The maximum absolute atomic E-state index is 12.4. The first-order valence-corrected chi connectivity index (χ1v) is 11.7. The first-order chi connectivity index (χ1) is 16.6. The molecule has 0 fully saturated rings. The van der Waals surface area contributed by atoms with Gasteiger partial charge in [0.05, 0.1) is 5.69 Å². The number of ether oxygens (including phenoxy) is 1. The van der Waals surface area contributed by atoms with E-state index in [1.807, 2.05) is 60.0 Å². The molecule has 0 atom stereocenters. The van der Waals surface area contributed by atoms with E-state index in [0.717, 1.165) is 33.1 Å². The van der Waals surface area contributed by atoms with Gasteiger partial charge in [-0.1, -0.05) is 72.3 Å². The summed E-state index contributed by atoms with van der Waals surface area (Å²) < 4.78 is 7.55. The highest BCUT2D eigenvalue weighted by molar-refractivity contribution is 7.15. The minimum absolute atomic E-state index is 0.277. The molecule has 0 aliphatic rings. The predicted molar refractivity (Wildman–Crippen MR) is 136 cm³/mol. The van der Waals surface area contributed by atoms with Crippen LogP contribution in [0.3, 0.4) is 0 Å². The molecule has 1 amide bonds. The third kappa shape index (κ3) is 5.05. The van der Waals surface area contributed by atoms with Crippen LogP contribution in [-0.4, -0.2) is 20.5 Å². The van der Waals surface area contributed by atoms with Gasteiger partial charge in [-0.3, -0.25) is 10.1 Å². The summed E-state index contributed by atoms with van der Waals surface area (Å²) in [6.45, 7) is 2.57. The highest BCUT2D eigenvalue weighted by Crippen LogP contribution is 2.26. The van der Waals surface area contributed by atoms with Gasteiger partial charge in [0.15, 0.2) is 0 Å². The maximum atomic E-state index is 12.4. The Morgan fingerprint density at radius 3 is 2.56 bits per heavy atom. The Morgan fingerprint density at radius 2 is 1.79 bits per heavy atom. The zero-order valence-corrected chi connectivity index (χ0v) is 19.3. The molecule has 0 spiro atoms. The van der Waals surface area contributed by atoms with Crippen molar-refractivity contribution in [3.05, 3.63) is 107 Å². The topological polar surface area (TPSA) is 68.5 Å². The number of benzene rings is 3. The number of aryl methyl sites for hydroxylation is 1. The van der Waals surface area contributed by atoms with Crippen molar-refractivity contribution in [1.29, 1.82) is 0 Å². The van der Waals surface area contributed by atoms with Gasteiger partial charge in [0.2, 0.25) is 4.96 Å². The first kappa shape index (κ1) is 21.6. The number of hydrogen-bond acceptors (Lipinski definition) is 5. The predicted octanol–water partition coefficient (Wildman–Crippen LogP) is 6.00. The largest absolute Gasteiger partial charge is 0.489 e. The highest BCUT2D eigenvalue weighted by Gasteiger charge is 2.12. The molecule has 0 radical (unpaired) electrons. The average Bonchev–Trinajstić information content (AvgIpc) is 3.44. The van der Waals surface area contributed by atoms with E-state index < -0.39 is 0 Å². The molecule has 1 N–H and O–H groups in total. The zero-order valence-electron chi connectivity index (χ0n) is 18.5. The average molecular weight is 467 g/mol. The number of thiazole rings is 1. The Hall–Kier alpha value is -4.23. The monoisotopic (exact) mass is 466 g/mol. The molecule has 6 nitrogen and oxygen atoms in total. The summed E-state index contributed by atoms with van der Waals surface area (Å²) >= 11 is 1.48.